The predicted octanol–water partition coefficient (Wildman–Crippen LogP) is 2.26. The number of ketones is 1. The van der Waals surface area contributed by atoms with Crippen LogP contribution in [-0.4, -0.2) is 5.78 Å². The zero-order chi connectivity index (χ0) is 9.84. The van der Waals surface area contributed by atoms with Crippen molar-refractivity contribution in [3.05, 3.63) is 35.4 Å². The van der Waals surface area contributed by atoms with Gasteiger partial charge in [-0.05, 0) is 37.1 Å². The van der Waals surface area contributed by atoms with E-state index in [1.165, 1.54) is 0 Å². The Labute approximate surface area is 78.1 Å². The molecule has 0 fully saturated rings. The van der Waals surface area contributed by atoms with Crippen LogP contribution >= 0.6 is 0 Å². The highest BCUT2D eigenvalue weighted by atomic mass is 16.1. The molecule has 0 atom stereocenters. The molecule has 1 rings (SSSR count). The Bertz CT molecular complexity index is 353. The van der Waals surface area contributed by atoms with E-state index < -0.39 is 0 Å². The molecular weight excluding hydrogens is 162 g/mol. The van der Waals surface area contributed by atoms with E-state index in [1.807, 2.05) is 24.3 Å². The molecule has 68 valence electrons. The van der Waals surface area contributed by atoms with Crippen LogP contribution in [0.4, 0.5) is 5.69 Å². The second-order valence-electron chi connectivity index (χ2n) is 3.01. The van der Waals surface area contributed by atoms with Crippen molar-refractivity contribution >= 4 is 17.5 Å². The summed E-state index contributed by atoms with van der Waals surface area (Å²) >= 11 is 0. The number of benzene rings is 1. The molecule has 0 spiro atoms. The SMILES string of the molecule is CC(=O)/C(C)=C/c1ccccc1N. The number of carbonyl (C=O) groups is 1. The van der Waals surface area contributed by atoms with Gasteiger partial charge in [-0.3, -0.25) is 4.79 Å². The number of hydrogen-bond donors (Lipinski definition) is 1. The summed E-state index contributed by atoms with van der Waals surface area (Å²) in [5, 5.41) is 0. The number of anilines is 1. The quantitative estimate of drug-likeness (QED) is 0.553. The van der Waals surface area contributed by atoms with Crippen LogP contribution in [-0.2, 0) is 4.79 Å². The number of para-hydroxylation sites is 1. The summed E-state index contributed by atoms with van der Waals surface area (Å²) in [5.74, 6) is 0.0725. The summed E-state index contributed by atoms with van der Waals surface area (Å²) in [7, 11) is 0. The lowest BCUT2D eigenvalue weighted by molar-refractivity contribution is -0.113. The second-order valence-corrected chi connectivity index (χ2v) is 3.01. The molecule has 2 heteroatoms. The number of nitrogens with two attached hydrogens (primary N) is 1. The Morgan fingerprint density at radius 1 is 1.31 bits per heavy atom. The van der Waals surface area contributed by atoms with E-state index in [4.69, 9.17) is 5.73 Å². The lowest BCUT2D eigenvalue weighted by Gasteiger charge is -2.00. The summed E-state index contributed by atoms with van der Waals surface area (Å²) < 4.78 is 0. The average Bonchev–Trinajstić information content (AvgIpc) is 2.08. The fourth-order valence-corrected chi connectivity index (χ4v) is 0.977. The number of allylic oxidation sites excluding steroid dienone is 1. The van der Waals surface area contributed by atoms with Crippen molar-refractivity contribution < 1.29 is 4.79 Å². The molecule has 0 aliphatic carbocycles. The first kappa shape index (κ1) is 9.52. The van der Waals surface area contributed by atoms with Crippen LogP contribution in [0.15, 0.2) is 29.8 Å². The maximum Gasteiger partial charge on any atom is 0.155 e. The van der Waals surface area contributed by atoms with Gasteiger partial charge in [0.1, 0.15) is 0 Å². The lowest BCUT2D eigenvalue weighted by Crippen LogP contribution is -1.93. The van der Waals surface area contributed by atoms with Gasteiger partial charge in [0.25, 0.3) is 0 Å². The Hall–Kier alpha value is -1.57. The van der Waals surface area contributed by atoms with Gasteiger partial charge in [0, 0.05) is 5.69 Å². The number of nitrogen functional groups attached to an aromatic ring is 1. The van der Waals surface area contributed by atoms with Gasteiger partial charge in [0.2, 0.25) is 0 Å². The van der Waals surface area contributed by atoms with Crippen LogP contribution in [0.1, 0.15) is 19.4 Å². The summed E-state index contributed by atoms with van der Waals surface area (Å²) in [4.78, 5) is 11.0. The molecule has 2 N–H and O–H groups in total. The maximum atomic E-state index is 11.0. The van der Waals surface area contributed by atoms with Crippen LogP contribution in [0.5, 0.6) is 0 Å². The highest BCUT2D eigenvalue weighted by Gasteiger charge is 1.98. The number of carbonyl (C=O) groups excluding carboxylic acids is 1. The Balaban J connectivity index is 3.04. The van der Waals surface area contributed by atoms with Crippen molar-refractivity contribution in [1.82, 2.24) is 0 Å². The molecular formula is C11H13NO. The van der Waals surface area contributed by atoms with Crippen LogP contribution in [0.2, 0.25) is 0 Å². The fourth-order valence-electron chi connectivity index (χ4n) is 0.977. The van der Waals surface area contributed by atoms with Gasteiger partial charge in [-0.1, -0.05) is 18.2 Å². The van der Waals surface area contributed by atoms with Crippen molar-refractivity contribution in [3.63, 3.8) is 0 Å². The lowest BCUT2D eigenvalue weighted by atomic mass is 10.1. The molecule has 0 saturated carbocycles. The smallest absolute Gasteiger partial charge is 0.155 e. The van der Waals surface area contributed by atoms with Crippen LogP contribution in [0.3, 0.4) is 0 Å². The standard InChI is InChI=1S/C11H13NO/c1-8(9(2)13)7-10-5-3-4-6-11(10)12/h3-7H,12H2,1-2H3/b8-7+. The van der Waals surface area contributed by atoms with E-state index >= 15 is 0 Å². The van der Waals surface area contributed by atoms with Gasteiger partial charge < -0.3 is 5.73 Å². The molecule has 1 aromatic rings. The first-order valence-corrected chi connectivity index (χ1v) is 4.15. The molecule has 0 heterocycles. The normalized spacial score (nSPS) is 11.4. The molecule has 1 aromatic carbocycles. The largest absolute Gasteiger partial charge is 0.398 e. The number of hydrogen-bond acceptors (Lipinski definition) is 2. The topological polar surface area (TPSA) is 43.1 Å². The molecule has 0 aliphatic heterocycles. The van der Waals surface area contributed by atoms with E-state index in [0.29, 0.717) is 5.69 Å². The van der Waals surface area contributed by atoms with Gasteiger partial charge >= 0.3 is 0 Å². The van der Waals surface area contributed by atoms with Crippen LogP contribution < -0.4 is 5.73 Å². The summed E-state index contributed by atoms with van der Waals surface area (Å²) in [6.07, 6.45) is 1.80. The van der Waals surface area contributed by atoms with Crippen molar-refractivity contribution in [3.8, 4) is 0 Å². The Morgan fingerprint density at radius 2 is 1.92 bits per heavy atom. The molecule has 0 radical (unpaired) electrons. The fraction of sp³-hybridized carbons (Fsp3) is 0.182. The zero-order valence-corrected chi connectivity index (χ0v) is 7.87. The van der Waals surface area contributed by atoms with E-state index in [-0.39, 0.29) is 5.78 Å². The van der Waals surface area contributed by atoms with Crippen molar-refractivity contribution in [2.45, 2.75) is 13.8 Å². The molecule has 0 bridgehead atoms. The molecule has 0 aromatic heterocycles. The van der Waals surface area contributed by atoms with Crippen molar-refractivity contribution in [1.29, 1.82) is 0 Å². The first-order valence-electron chi connectivity index (χ1n) is 4.15. The summed E-state index contributed by atoms with van der Waals surface area (Å²) in [5.41, 5.74) is 8.03. The predicted molar refractivity (Wildman–Crippen MR) is 55.2 cm³/mol. The summed E-state index contributed by atoms with van der Waals surface area (Å²) in [6, 6.07) is 7.48. The third-order valence-electron chi connectivity index (χ3n) is 1.92. The van der Waals surface area contributed by atoms with Gasteiger partial charge in [0.05, 0.1) is 0 Å². The first-order chi connectivity index (χ1) is 6.11. The molecule has 0 unspecified atom stereocenters. The highest BCUT2D eigenvalue weighted by molar-refractivity contribution is 5.97. The molecule has 2 nitrogen and oxygen atoms in total. The molecule has 0 amide bonds. The minimum atomic E-state index is 0.0725. The van der Waals surface area contributed by atoms with E-state index in [2.05, 4.69) is 0 Å². The second kappa shape index (κ2) is 3.90. The molecule has 0 saturated heterocycles. The van der Waals surface area contributed by atoms with Crippen LogP contribution in [0.25, 0.3) is 6.08 Å². The van der Waals surface area contributed by atoms with Gasteiger partial charge in [-0.2, -0.15) is 0 Å². The van der Waals surface area contributed by atoms with E-state index in [0.717, 1.165) is 11.1 Å². The number of Topliss-reactive ketones (excluding diaryl/α,β-unsaturated/α-hetero) is 1. The third-order valence-corrected chi connectivity index (χ3v) is 1.92. The third kappa shape index (κ3) is 2.44. The average molecular weight is 175 g/mol. The van der Waals surface area contributed by atoms with Gasteiger partial charge in [-0.15, -0.1) is 0 Å². The van der Waals surface area contributed by atoms with Crippen molar-refractivity contribution in [2.75, 3.05) is 5.73 Å². The summed E-state index contributed by atoms with van der Waals surface area (Å²) in [6.45, 7) is 3.33. The van der Waals surface area contributed by atoms with E-state index in [1.54, 1.807) is 19.9 Å². The van der Waals surface area contributed by atoms with Crippen LogP contribution in [0, 0.1) is 0 Å². The number of rotatable bonds is 2. The Morgan fingerprint density at radius 3 is 2.46 bits per heavy atom. The maximum absolute atomic E-state index is 11.0. The monoisotopic (exact) mass is 175 g/mol. The minimum Gasteiger partial charge on any atom is -0.398 e. The van der Waals surface area contributed by atoms with Gasteiger partial charge in [-0.25, -0.2) is 0 Å². The molecule has 13 heavy (non-hydrogen) atoms. The Kier molecular flexibility index (Phi) is 2.85. The highest BCUT2D eigenvalue weighted by Crippen LogP contribution is 2.14. The van der Waals surface area contributed by atoms with Gasteiger partial charge in [0.15, 0.2) is 5.78 Å². The minimum absolute atomic E-state index is 0.0725. The molecule has 0 aliphatic rings. The zero-order valence-electron chi connectivity index (χ0n) is 7.87. The van der Waals surface area contributed by atoms with Crippen molar-refractivity contribution in [2.24, 2.45) is 0 Å². The van der Waals surface area contributed by atoms with E-state index in [9.17, 15) is 4.79 Å².